The van der Waals surface area contributed by atoms with Crippen LogP contribution >= 0.6 is 0 Å². The minimum atomic E-state index is -0.914. The van der Waals surface area contributed by atoms with Crippen LogP contribution in [-0.4, -0.2) is 31.3 Å². The first kappa shape index (κ1) is 19.0. The zero-order chi connectivity index (χ0) is 19.4. The van der Waals surface area contributed by atoms with E-state index in [1.807, 2.05) is 24.3 Å². The zero-order valence-electron chi connectivity index (χ0n) is 15.9. The van der Waals surface area contributed by atoms with Gasteiger partial charge in [0.15, 0.2) is 0 Å². The smallest absolute Gasteiger partial charge is 0.335 e. The Labute approximate surface area is 159 Å². The SMILES string of the molecule is COc1ccc2c(c1)C(CNCc1cccc(C(=O)O)c1)=CC(C)(C)CO2. The molecule has 2 aromatic rings. The van der Waals surface area contributed by atoms with Crippen molar-refractivity contribution in [2.75, 3.05) is 20.3 Å². The third-order valence-electron chi connectivity index (χ3n) is 4.52. The lowest BCUT2D eigenvalue weighted by Gasteiger charge is -2.18. The maximum Gasteiger partial charge on any atom is 0.335 e. The van der Waals surface area contributed by atoms with Crippen LogP contribution in [0.15, 0.2) is 48.5 Å². The molecule has 3 rings (SSSR count). The molecule has 2 aromatic carbocycles. The molecule has 0 saturated carbocycles. The number of carboxylic acids is 1. The van der Waals surface area contributed by atoms with Gasteiger partial charge in [0.25, 0.3) is 0 Å². The summed E-state index contributed by atoms with van der Waals surface area (Å²) in [7, 11) is 1.65. The summed E-state index contributed by atoms with van der Waals surface area (Å²) in [6, 6.07) is 12.8. The summed E-state index contributed by atoms with van der Waals surface area (Å²) < 4.78 is 11.4. The molecule has 5 nitrogen and oxygen atoms in total. The zero-order valence-corrected chi connectivity index (χ0v) is 15.9. The van der Waals surface area contributed by atoms with Crippen LogP contribution in [0.25, 0.3) is 5.57 Å². The number of benzene rings is 2. The van der Waals surface area contributed by atoms with Gasteiger partial charge >= 0.3 is 5.97 Å². The first-order valence-electron chi connectivity index (χ1n) is 8.94. The molecule has 0 atom stereocenters. The minimum absolute atomic E-state index is 0.0908. The van der Waals surface area contributed by atoms with Gasteiger partial charge in [-0.05, 0) is 41.5 Å². The van der Waals surface area contributed by atoms with Gasteiger partial charge in [-0.1, -0.05) is 32.1 Å². The maximum atomic E-state index is 11.1. The highest BCUT2D eigenvalue weighted by molar-refractivity contribution is 5.87. The Morgan fingerprint density at radius 3 is 2.78 bits per heavy atom. The fourth-order valence-electron chi connectivity index (χ4n) is 3.17. The van der Waals surface area contributed by atoms with Crippen LogP contribution in [-0.2, 0) is 6.54 Å². The van der Waals surface area contributed by atoms with Gasteiger partial charge in [-0.15, -0.1) is 0 Å². The highest BCUT2D eigenvalue weighted by Crippen LogP contribution is 2.36. The number of ether oxygens (including phenoxy) is 2. The van der Waals surface area contributed by atoms with Gasteiger partial charge in [-0.2, -0.15) is 0 Å². The van der Waals surface area contributed by atoms with Crippen molar-refractivity contribution in [1.29, 1.82) is 0 Å². The Hall–Kier alpha value is -2.79. The predicted molar refractivity (Wildman–Crippen MR) is 105 cm³/mol. The van der Waals surface area contributed by atoms with E-state index >= 15 is 0 Å². The molecular formula is C22H25NO4. The molecule has 1 heterocycles. The second-order valence-electron chi connectivity index (χ2n) is 7.42. The Bertz CT molecular complexity index is 870. The van der Waals surface area contributed by atoms with Gasteiger partial charge in [0.05, 0.1) is 19.3 Å². The van der Waals surface area contributed by atoms with E-state index in [1.165, 1.54) is 0 Å². The van der Waals surface area contributed by atoms with E-state index in [1.54, 1.807) is 25.3 Å². The molecule has 0 fully saturated rings. The highest BCUT2D eigenvalue weighted by Gasteiger charge is 2.24. The average Bonchev–Trinajstić information content (AvgIpc) is 2.77. The summed E-state index contributed by atoms with van der Waals surface area (Å²) >= 11 is 0. The molecule has 0 aromatic heterocycles. The van der Waals surface area contributed by atoms with E-state index in [4.69, 9.17) is 14.6 Å². The quantitative estimate of drug-likeness (QED) is 0.808. The average molecular weight is 367 g/mol. The first-order chi connectivity index (χ1) is 12.9. The lowest BCUT2D eigenvalue weighted by Crippen LogP contribution is -2.19. The van der Waals surface area contributed by atoms with Crippen molar-refractivity contribution in [3.63, 3.8) is 0 Å². The third-order valence-corrected chi connectivity index (χ3v) is 4.52. The molecular weight excluding hydrogens is 342 g/mol. The van der Waals surface area contributed by atoms with Crippen LogP contribution in [0.2, 0.25) is 0 Å². The van der Waals surface area contributed by atoms with Gasteiger partial charge in [-0.25, -0.2) is 4.79 Å². The van der Waals surface area contributed by atoms with E-state index in [0.29, 0.717) is 25.3 Å². The summed E-state index contributed by atoms with van der Waals surface area (Å²) in [5, 5.41) is 12.6. The molecule has 5 heteroatoms. The number of methoxy groups -OCH3 is 1. The molecule has 0 radical (unpaired) electrons. The maximum absolute atomic E-state index is 11.1. The molecule has 27 heavy (non-hydrogen) atoms. The molecule has 0 saturated heterocycles. The topological polar surface area (TPSA) is 67.8 Å². The lowest BCUT2D eigenvalue weighted by atomic mass is 9.90. The van der Waals surface area contributed by atoms with Crippen LogP contribution in [0.5, 0.6) is 11.5 Å². The summed E-state index contributed by atoms with van der Waals surface area (Å²) in [5.41, 5.74) is 3.30. The number of nitrogens with one attached hydrogen (secondary N) is 1. The molecule has 0 spiro atoms. The van der Waals surface area contributed by atoms with E-state index < -0.39 is 5.97 Å². The summed E-state index contributed by atoms with van der Waals surface area (Å²) in [6.45, 7) is 6.12. The number of carboxylic acid groups (broad SMARTS) is 1. The molecule has 1 aliphatic heterocycles. The third kappa shape index (κ3) is 4.68. The highest BCUT2D eigenvalue weighted by atomic mass is 16.5. The van der Waals surface area contributed by atoms with Gasteiger partial charge in [-0.3, -0.25) is 0 Å². The van der Waals surface area contributed by atoms with Crippen molar-refractivity contribution < 1.29 is 19.4 Å². The monoisotopic (exact) mass is 367 g/mol. The normalized spacial score (nSPS) is 15.1. The molecule has 2 N–H and O–H groups in total. The molecule has 0 aliphatic carbocycles. The molecule has 0 amide bonds. The van der Waals surface area contributed by atoms with Crippen molar-refractivity contribution in [2.24, 2.45) is 5.41 Å². The van der Waals surface area contributed by atoms with Gasteiger partial charge in [0.1, 0.15) is 11.5 Å². The Kier molecular flexibility index (Phi) is 5.51. The van der Waals surface area contributed by atoms with Crippen LogP contribution in [0.3, 0.4) is 0 Å². The van der Waals surface area contributed by atoms with E-state index in [0.717, 1.165) is 28.2 Å². The van der Waals surface area contributed by atoms with Crippen molar-refractivity contribution in [1.82, 2.24) is 5.32 Å². The van der Waals surface area contributed by atoms with Crippen LogP contribution < -0.4 is 14.8 Å². The molecule has 142 valence electrons. The number of hydrogen-bond donors (Lipinski definition) is 2. The number of fused-ring (bicyclic) bond motifs is 1. The van der Waals surface area contributed by atoms with Gasteiger partial charge < -0.3 is 19.9 Å². The van der Waals surface area contributed by atoms with Gasteiger partial charge in [0.2, 0.25) is 0 Å². The van der Waals surface area contributed by atoms with Crippen LogP contribution in [0.4, 0.5) is 0 Å². The molecule has 0 bridgehead atoms. The van der Waals surface area contributed by atoms with Crippen molar-refractivity contribution in [3.8, 4) is 11.5 Å². The van der Waals surface area contributed by atoms with Crippen LogP contribution in [0, 0.1) is 5.41 Å². The fraction of sp³-hybridized carbons (Fsp3) is 0.318. The Morgan fingerprint density at radius 2 is 2.04 bits per heavy atom. The lowest BCUT2D eigenvalue weighted by molar-refractivity contribution is 0.0696. The second kappa shape index (κ2) is 7.84. The van der Waals surface area contributed by atoms with Crippen LogP contribution in [0.1, 0.15) is 35.3 Å². The van der Waals surface area contributed by atoms with E-state index in [9.17, 15) is 4.79 Å². The Morgan fingerprint density at radius 1 is 1.22 bits per heavy atom. The summed E-state index contributed by atoms with van der Waals surface area (Å²) in [4.78, 5) is 11.1. The number of carbonyl (C=O) groups is 1. The largest absolute Gasteiger partial charge is 0.497 e. The summed E-state index contributed by atoms with van der Waals surface area (Å²) in [5.74, 6) is 0.725. The second-order valence-corrected chi connectivity index (χ2v) is 7.42. The first-order valence-corrected chi connectivity index (χ1v) is 8.94. The van der Waals surface area contributed by atoms with Crippen molar-refractivity contribution in [3.05, 3.63) is 65.2 Å². The van der Waals surface area contributed by atoms with Gasteiger partial charge in [0, 0.05) is 24.1 Å². The van der Waals surface area contributed by atoms with Crippen molar-refractivity contribution >= 4 is 11.5 Å². The van der Waals surface area contributed by atoms with E-state index in [-0.39, 0.29) is 5.41 Å². The van der Waals surface area contributed by atoms with Crippen molar-refractivity contribution in [2.45, 2.75) is 20.4 Å². The molecule has 1 aliphatic rings. The van der Waals surface area contributed by atoms with E-state index in [2.05, 4.69) is 25.2 Å². The number of hydrogen-bond acceptors (Lipinski definition) is 4. The number of rotatable bonds is 6. The fourth-order valence-corrected chi connectivity index (χ4v) is 3.17. The summed E-state index contributed by atoms with van der Waals surface area (Å²) in [6.07, 6.45) is 2.24. The predicted octanol–water partition coefficient (Wildman–Crippen LogP) is 3.99. The molecule has 0 unspecified atom stereocenters. The minimum Gasteiger partial charge on any atom is -0.497 e. The number of aromatic carboxylic acids is 1. The Balaban J connectivity index is 1.79. The standard InChI is InChI=1S/C22H25NO4/c1-22(2)11-17(19-10-18(26-3)7-8-20(19)27-14-22)13-23-12-15-5-4-6-16(9-15)21(24)25/h4-11,23H,12-14H2,1-3H3,(H,24,25).